The Morgan fingerprint density at radius 2 is 1.85 bits per heavy atom. The molecule has 1 fully saturated rings. The largest absolute Gasteiger partial charge is 0.481 e. The van der Waals surface area contributed by atoms with Crippen LogP contribution in [0.2, 0.25) is 0 Å². The van der Waals surface area contributed by atoms with E-state index in [-0.39, 0.29) is 18.4 Å². The fraction of sp³-hybridized carbons (Fsp3) is 0.263. The van der Waals surface area contributed by atoms with Crippen LogP contribution in [0.5, 0.6) is 0 Å². The van der Waals surface area contributed by atoms with E-state index in [4.69, 9.17) is 0 Å². The smallest absolute Gasteiger partial charge is 0.308 e. The summed E-state index contributed by atoms with van der Waals surface area (Å²) in [6, 6.07) is 13.0. The number of aromatic nitrogens is 3. The van der Waals surface area contributed by atoms with Gasteiger partial charge < -0.3 is 10.0 Å². The molecule has 3 heterocycles. The monoisotopic (exact) mass is 350 g/mol. The van der Waals surface area contributed by atoms with Crippen LogP contribution >= 0.6 is 0 Å². The van der Waals surface area contributed by atoms with E-state index < -0.39 is 11.9 Å². The molecule has 3 aromatic rings. The zero-order valence-corrected chi connectivity index (χ0v) is 14.2. The molecular formula is C19H18N4O3. The topological polar surface area (TPSA) is 87.8 Å². The van der Waals surface area contributed by atoms with Crippen molar-refractivity contribution < 1.29 is 14.7 Å². The average molecular weight is 350 g/mol. The number of likely N-dealkylation sites (tertiary alicyclic amines) is 1. The number of rotatable bonds is 3. The van der Waals surface area contributed by atoms with E-state index in [0.29, 0.717) is 23.6 Å². The maximum Gasteiger partial charge on any atom is 0.308 e. The van der Waals surface area contributed by atoms with Gasteiger partial charge in [-0.25, -0.2) is 0 Å². The van der Waals surface area contributed by atoms with Crippen LogP contribution in [0.4, 0.5) is 0 Å². The first-order valence-electron chi connectivity index (χ1n) is 8.43. The molecule has 1 aromatic carbocycles. The average Bonchev–Trinajstić information content (AvgIpc) is 3.26. The number of amides is 1. The number of aryl methyl sites for hydroxylation is 1. The number of aliphatic carboxylic acids is 1. The molecule has 0 aliphatic carbocycles. The zero-order chi connectivity index (χ0) is 18.3. The van der Waals surface area contributed by atoms with E-state index in [9.17, 15) is 14.7 Å². The fourth-order valence-electron chi connectivity index (χ4n) is 3.57. The lowest BCUT2D eigenvalue weighted by molar-refractivity contribution is -0.141. The third-order valence-corrected chi connectivity index (χ3v) is 4.97. The van der Waals surface area contributed by atoms with Gasteiger partial charge in [-0.05, 0) is 24.6 Å². The number of benzene rings is 1. The van der Waals surface area contributed by atoms with Crippen molar-refractivity contribution in [3.8, 4) is 0 Å². The standard InChI is InChI=1S/C19H18N4O3/c1-12-20-21-17-8-7-14(9-23(12)17)18(24)22-10-15(16(11-22)19(25)26)13-5-3-2-4-6-13/h2-9,15-16H,10-11H2,1H3,(H,25,26). The first kappa shape index (κ1) is 16.3. The van der Waals surface area contributed by atoms with Crippen molar-refractivity contribution in [1.82, 2.24) is 19.5 Å². The summed E-state index contributed by atoms with van der Waals surface area (Å²) in [5.74, 6) is -1.18. The van der Waals surface area contributed by atoms with Crippen molar-refractivity contribution in [2.24, 2.45) is 5.92 Å². The molecule has 2 atom stereocenters. The first-order valence-corrected chi connectivity index (χ1v) is 8.43. The van der Waals surface area contributed by atoms with E-state index in [1.54, 1.807) is 27.6 Å². The summed E-state index contributed by atoms with van der Waals surface area (Å²) in [5.41, 5.74) is 2.12. The lowest BCUT2D eigenvalue weighted by Crippen LogP contribution is -2.30. The van der Waals surface area contributed by atoms with Gasteiger partial charge >= 0.3 is 5.97 Å². The van der Waals surface area contributed by atoms with Gasteiger partial charge in [0, 0.05) is 25.2 Å². The lowest BCUT2D eigenvalue weighted by Gasteiger charge is -2.16. The molecule has 1 aliphatic rings. The molecule has 1 amide bonds. The minimum Gasteiger partial charge on any atom is -0.481 e. The number of hydrogen-bond donors (Lipinski definition) is 1. The molecule has 26 heavy (non-hydrogen) atoms. The summed E-state index contributed by atoms with van der Waals surface area (Å²) in [6.07, 6.45) is 1.71. The quantitative estimate of drug-likeness (QED) is 0.780. The Morgan fingerprint density at radius 3 is 2.58 bits per heavy atom. The van der Waals surface area contributed by atoms with Crippen LogP contribution in [0.1, 0.15) is 27.7 Å². The molecular weight excluding hydrogens is 332 g/mol. The first-order chi connectivity index (χ1) is 12.5. The minimum absolute atomic E-state index is 0.176. The molecule has 0 radical (unpaired) electrons. The van der Waals surface area contributed by atoms with Gasteiger partial charge in [0.2, 0.25) is 0 Å². The molecule has 7 heteroatoms. The van der Waals surface area contributed by atoms with Gasteiger partial charge in [0.25, 0.3) is 5.91 Å². The van der Waals surface area contributed by atoms with Gasteiger partial charge in [-0.15, -0.1) is 10.2 Å². The van der Waals surface area contributed by atoms with Crippen molar-refractivity contribution in [2.75, 3.05) is 13.1 Å². The van der Waals surface area contributed by atoms with Crippen LogP contribution in [0.25, 0.3) is 5.65 Å². The number of fused-ring (bicyclic) bond motifs is 1. The molecule has 7 nitrogen and oxygen atoms in total. The molecule has 2 unspecified atom stereocenters. The maximum atomic E-state index is 12.9. The highest BCUT2D eigenvalue weighted by Crippen LogP contribution is 2.33. The second-order valence-corrected chi connectivity index (χ2v) is 6.57. The van der Waals surface area contributed by atoms with Gasteiger partial charge in [0.05, 0.1) is 11.5 Å². The highest BCUT2D eigenvalue weighted by molar-refractivity contribution is 5.95. The Labute approximate surface area is 149 Å². The summed E-state index contributed by atoms with van der Waals surface area (Å²) in [6.45, 7) is 2.40. The Kier molecular flexibility index (Phi) is 3.91. The number of nitrogens with zero attached hydrogens (tertiary/aromatic N) is 4. The Bertz CT molecular complexity index is 983. The number of carboxylic acids is 1. The van der Waals surface area contributed by atoms with Crippen molar-refractivity contribution in [2.45, 2.75) is 12.8 Å². The number of hydrogen-bond acceptors (Lipinski definition) is 4. The normalized spacial score (nSPS) is 19.8. The second kappa shape index (κ2) is 6.25. The van der Waals surface area contributed by atoms with Crippen molar-refractivity contribution in [3.63, 3.8) is 0 Å². The van der Waals surface area contributed by atoms with Crippen molar-refractivity contribution >= 4 is 17.5 Å². The van der Waals surface area contributed by atoms with Crippen molar-refractivity contribution in [1.29, 1.82) is 0 Å². The highest BCUT2D eigenvalue weighted by Gasteiger charge is 2.40. The van der Waals surface area contributed by atoms with Crippen LogP contribution in [0, 0.1) is 12.8 Å². The molecule has 4 rings (SSSR count). The fourth-order valence-corrected chi connectivity index (χ4v) is 3.57. The van der Waals surface area contributed by atoms with Crippen LogP contribution in [-0.4, -0.2) is 49.6 Å². The maximum absolute atomic E-state index is 12.9. The van der Waals surface area contributed by atoms with Gasteiger partial charge in [-0.2, -0.15) is 0 Å². The molecule has 0 spiro atoms. The van der Waals surface area contributed by atoms with Gasteiger partial charge in [0.15, 0.2) is 5.65 Å². The number of carbonyl (C=O) groups excluding carboxylic acids is 1. The van der Waals surface area contributed by atoms with E-state index in [2.05, 4.69) is 10.2 Å². The Morgan fingerprint density at radius 1 is 1.08 bits per heavy atom. The van der Waals surface area contributed by atoms with E-state index >= 15 is 0 Å². The molecule has 0 bridgehead atoms. The van der Waals surface area contributed by atoms with Crippen LogP contribution in [0.3, 0.4) is 0 Å². The molecule has 1 N–H and O–H groups in total. The summed E-state index contributed by atoms with van der Waals surface area (Å²) < 4.78 is 1.76. The molecule has 132 valence electrons. The summed E-state index contributed by atoms with van der Waals surface area (Å²) in [4.78, 5) is 26.3. The second-order valence-electron chi connectivity index (χ2n) is 6.57. The Hall–Kier alpha value is -3.22. The van der Waals surface area contributed by atoms with E-state index in [1.165, 1.54) is 0 Å². The van der Waals surface area contributed by atoms with Crippen molar-refractivity contribution in [3.05, 3.63) is 65.6 Å². The molecule has 0 saturated carbocycles. The number of pyridine rings is 1. The van der Waals surface area contributed by atoms with Crippen LogP contribution in [-0.2, 0) is 4.79 Å². The Balaban J connectivity index is 1.63. The summed E-state index contributed by atoms with van der Waals surface area (Å²) in [7, 11) is 0. The lowest BCUT2D eigenvalue weighted by atomic mass is 9.89. The van der Waals surface area contributed by atoms with E-state index in [0.717, 1.165) is 5.56 Å². The highest BCUT2D eigenvalue weighted by atomic mass is 16.4. The number of carboxylic acid groups (broad SMARTS) is 1. The predicted octanol–water partition coefficient (Wildman–Crippen LogP) is 1.98. The molecule has 1 aliphatic heterocycles. The predicted molar refractivity (Wildman–Crippen MR) is 93.9 cm³/mol. The SMILES string of the molecule is Cc1nnc2ccc(C(=O)N3CC(C(=O)O)C(c4ccccc4)C3)cn12. The zero-order valence-electron chi connectivity index (χ0n) is 14.2. The van der Waals surface area contributed by atoms with E-state index in [1.807, 2.05) is 37.3 Å². The van der Waals surface area contributed by atoms with Gasteiger partial charge in [-0.3, -0.25) is 14.0 Å². The van der Waals surface area contributed by atoms with Crippen LogP contribution in [0.15, 0.2) is 48.7 Å². The third-order valence-electron chi connectivity index (χ3n) is 4.97. The summed E-state index contributed by atoms with van der Waals surface area (Å²) in [5, 5.41) is 17.6. The number of carbonyl (C=O) groups is 2. The van der Waals surface area contributed by atoms with Gasteiger partial charge in [-0.1, -0.05) is 30.3 Å². The van der Waals surface area contributed by atoms with Crippen LogP contribution < -0.4 is 0 Å². The minimum atomic E-state index is -0.876. The summed E-state index contributed by atoms with van der Waals surface area (Å²) >= 11 is 0. The van der Waals surface area contributed by atoms with Gasteiger partial charge in [0.1, 0.15) is 5.82 Å². The third kappa shape index (κ3) is 2.71. The molecule has 1 saturated heterocycles. The molecule has 2 aromatic heterocycles.